The Bertz CT molecular complexity index is 368. The molecule has 0 spiro atoms. The summed E-state index contributed by atoms with van der Waals surface area (Å²) in [6.07, 6.45) is 7.65. The average molecular weight is 476 g/mol. The van der Waals surface area contributed by atoms with Crippen molar-refractivity contribution < 1.29 is 9.53 Å². The van der Waals surface area contributed by atoms with Crippen LogP contribution >= 0.6 is 0 Å². The SMILES string of the molecule is CCC[CH2][Sn]([CH2]CCC)([CH2]CCC)[CH](C(C)C)N(C)C(=O)OC(C)(C)C. The molecule has 1 amide bonds. The van der Waals surface area contributed by atoms with Crippen LogP contribution in [0.2, 0.25) is 13.3 Å². The third-order valence-corrected chi connectivity index (χ3v) is 23.6. The fraction of sp³-hybridized carbons (Fsp3) is 0.955. The van der Waals surface area contributed by atoms with Crippen molar-refractivity contribution in [1.29, 1.82) is 0 Å². The van der Waals surface area contributed by atoms with Gasteiger partial charge < -0.3 is 0 Å². The number of rotatable bonds is 12. The molecule has 0 bridgehead atoms. The van der Waals surface area contributed by atoms with Gasteiger partial charge in [0.1, 0.15) is 0 Å². The van der Waals surface area contributed by atoms with E-state index in [1.54, 1.807) is 0 Å². The molecule has 0 saturated carbocycles. The Labute approximate surface area is 168 Å². The zero-order valence-electron chi connectivity index (χ0n) is 19.3. The maximum absolute atomic E-state index is 12.9. The fourth-order valence-electron chi connectivity index (χ4n) is 4.42. The second kappa shape index (κ2) is 12.5. The van der Waals surface area contributed by atoms with Crippen molar-refractivity contribution in [3.63, 3.8) is 0 Å². The Morgan fingerprint density at radius 1 is 0.923 bits per heavy atom. The van der Waals surface area contributed by atoms with Gasteiger partial charge >= 0.3 is 169 Å². The first-order valence-corrected chi connectivity index (χ1v) is 18.7. The van der Waals surface area contributed by atoms with Crippen molar-refractivity contribution in [2.75, 3.05) is 7.05 Å². The van der Waals surface area contributed by atoms with Crippen LogP contribution in [-0.2, 0) is 4.74 Å². The van der Waals surface area contributed by atoms with Gasteiger partial charge in [-0.2, -0.15) is 0 Å². The first-order valence-electron chi connectivity index (χ1n) is 11.0. The van der Waals surface area contributed by atoms with Gasteiger partial charge in [0.15, 0.2) is 0 Å². The second-order valence-corrected chi connectivity index (χ2v) is 23.2. The zero-order chi connectivity index (χ0) is 20.4. The average Bonchev–Trinajstić information content (AvgIpc) is 2.53. The standard InChI is InChI=1S/C10H20NO2.3C4H9.Sn/c1-8(2)7-11(6)9(12)13-10(3,4)5;3*1-3-4-2;/h7-8H,1-6H3;3*1,3-4H2,2H3;. The number of hydrogen-bond acceptors (Lipinski definition) is 2. The monoisotopic (exact) mass is 477 g/mol. The van der Waals surface area contributed by atoms with Crippen LogP contribution in [0.15, 0.2) is 0 Å². The van der Waals surface area contributed by atoms with Gasteiger partial charge in [-0.3, -0.25) is 0 Å². The predicted octanol–water partition coefficient (Wildman–Crippen LogP) is 7.27. The quantitative estimate of drug-likeness (QED) is 0.278. The van der Waals surface area contributed by atoms with Crippen molar-refractivity contribution in [3.8, 4) is 0 Å². The predicted molar refractivity (Wildman–Crippen MR) is 118 cm³/mol. The molecule has 0 aliphatic carbocycles. The molecule has 0 radical (unpaired) electrons. The molecule has 0 aliphatic rings. The molecule has 0 heterocycles. The van der Waals surface area contributed by atoms with Gasteiger partial charge in [-0.1, -0.05) is 0 Å². The first-order chi connectivity index (χ1) is 12.0. The zero-order valence-corrected chi connectivity index (χ0v) is 22.1. The topological polar surface area (TPSA) is 29.5 Å². The van der Waals surface area contributed by atoms with E-state index < -0.39 is 24.0 Å². The van der Waals surface area contributed by atoms with Gasteiger partial charge in [0.25, 0.3) is 0 Å². The Morgan fingerprint density at radius 2 is 1.31 bits per heavy atom. The van der Waals surface area contributed by atoms with Crippen LogP contribution in [0.1, 0.15) is 93.9 Å². The molecule has 3 nitrogen and oxygen atoms in total. The van der Waals surface area contributed by atoms with Gasteiger partial charge in [0, 0.05) is 0 Å². The molecule has 0 aliphatic heterocycles. The van der Waals surface area contributed by atoms with E-state index in [-0.39, 0.29) is 6.09 Å². The molecular formula is C22H47NO2Sn. The van der Waals surface area contributed by atoms with Crippen LogP contribution in [0.4, 0.5) is 4.79 Å². The number of ether oxygens (including phenoxy) is 1. The number of unbranched alkanes of at least 4 members (excludes halogenated alkanes) is 3. The molecule has 0 aromatic carbocycles. The van der Waals surface area contributed by atoms with Crippen LogP contribution in [0.25, 0.3) is 0 Å². The van der Waals surface area contributed by atoms with E-state index in [4.69, 9.17) is 4.74 Å². The van der Waals surface area contributed by atoms with E-state index in [0.717, 1.165) is 0 Å². The summed E-state index contributed by atoms with van der Waals surface area (Å²) in [6, 6.07) is 0. The molecular weight excluding hydrogens is 429 g/mol. The molecule has 0 N–H and O–H groups in total. The van der Waals surface area contributed by atoms with E-state index in [1.807, 2.05) is 32.7 Å². The molecule has 1 atom stereocenters. The van der Waals surface area contributed by atoms with E-state index in [9.17, 15) is 4.79 Å². The van der Waals surface area contributed by atoms with Crippen LogP contribution in [0.5, 0.6) is 0 Å². The summed E-state index contributed by atoms with van der Waals surface area (Å²) in [6.45, 7) is 17.4. The molecule has 0 aromatic heterocycles. The molecule has 26 heavy (non-hydrogen) atoms. The van der Waals surface area contributed by atoms with Crippen molar-refractivity contribution in [2.24, 2.45) is 5.92 Å². The Hall–Kier alpha value is 0.0687. The summed E-state index contributed by atoms with van der Waals surface area (Å²) in [5.74, 6) is 0.508. The third-order valence-electron chi connectivity index (χ3n) is 5.44. The summed E-state index contributed by atoms with van der Waals surface area (Å²) in [4.78, 5) is 14.9. The number of hydrogen-bond donors (Lipinski definition) is 0. The van der Waals surface area contributed by atoms with Crippen molar-refractivity contribution in [2.45, 2.75) is 117 Å². The molecule has 0 fully saturated rings. The Balaban J connectivity index is 5.80. The van der Waals surface area contributed by atoms with Crippen molar-refractivity contribution in [3.05, 3.63) is 0 Å². The van der Waals surface area contributed by atoms with Crippen LogP contribution in [0, 0.1) is 5.92 Å². The first kappa shape index (κ1) is 26.1. The van der Waals surface area contributed by atoms with E-state index >= 15 is 0 Å². The number of carbonyl (C=O) groups excluding carboxylic acids is 1. The second-order valence-electron chi connectivity index (χ2n) is 9.45. The van der Waals surface area contributed by atoms with Crippen LogP contribution < -0.4 is 0 Å². The normalized spacial score (nSPS) is 13.8. The van der Waals surface area contributed by atoms with Crippen molar-refractivity contribution >= 4 is 24.5 Å². The molecule has 1 unspecified atom stereocenters. The van der Waals surface area contributed by atoms with Crippen molar-refractivity contribution in [1.82, 2.24) is 4.90 Å². The third kappa shape index (κ3) is 8.84. The Morgan fingerprint density at radius 3 is 1.58 bits per heavy atom. The fourth-order valence-corrected chi connectivity index (χ4v) is 24.8. The number of amides is 1. The molecule has 0 aromatic rings. The summed E-state index contributed by atoms with van der Waals surface area (Å²) in [5.41, 5.74) is -0.429. The van der Waals surface area contributed by atoms with Crippen LogP contribution in [0.3, 0.4) is 0 Å². The van der Waals surface area contributed by atoms with Gasteiger partial charge in [-0.15, -0.1) is 0 Å². The molecule has 156 valence electrons. The van der Waals surface area contributed by atoms with Gasteiger partial charge in [0.05, 0.1) is 0 Å². The summed E-state index contributed by atoms with van der Waals surface area (Å²) in [7, 11) is 2.01. The number of nitrogens with zero attached hydrogens (tertiary/aromatic N) is 1. The molecule has 4 heteroatoms. The van der Waals surface area contributed by atoms with Gasteiger partial charge in [-0.05, 0) is 0 Å². The van der Waals surface area contributed by atoms with E-state index in [0.29, 0.717) is 9.98 Å². The molecule has 0 saturated heterocycles. The van der Waals surface area contributed by atoms with E-state index in [2.05, 4.69) is 34.6 Å². The van der Waals surface area contributed by atoms with Crippen LogP contribution in [-0.4, -0.2) is 46.1 Å². The van der Waals surface area contributed by atoms with E-state index in [1.165, 1.54) is 51.8 Å². The summed E-state index contributed by atoms with van der Waals surface area (Å²) >= 11 is -2.56. The summed E-state index contributed by atoms with van der Waals surface area (Å²) in [5, 5.41) is 0. The number of carbonyl (C=O) groups is 1. The summed E-state index contributed by atoms with van der Waals surface area (Å²) < 4.78 is 10.4. The minimum atomic E-state index is -2.56. The Kier molecular flexibility index (Phi) is 12.5. The van der Waals surface area contributed by atoms with Gasteiger partial charge in [0.2, 0.25) is 0 Å². The van der Waals surface area contributed by atoms with Gasteiger partial charge in [-0.25, -0.2) is 0 Å². The molecule has 0 rings (SSSR count). The minimum absolute atomic E-state index is 0.123. The maximum atomic E-state index is 12.9.